The molecule has 2 aromatic heterocycles. The minimum atomic E-state index is -0.604. The highest BCUT2D eigenvalue weighted by molar-refractivity contribution is 7.99. The minimum Gasteiger partial charge on any atom is -0.465 e. The molecule has 0 fully saturated rings. The lowest BCUT2D eigenvalue weighted by molar-refractivity contribution is -0.113. The van der Waals surface area contributed by atoms with Crippen LogP contribution in [0.25, 0.3) is 0 Å². The van der Waals surface area contributed by atoms with Crippen LogP contribution in [-0.4, -0.2) is 64.4 Å². The predicted molar refractivity (Wildman–Crippen MR) is 98.8 cm³/mol. The van der Waals surface area contributed by atoms with E-state index in [2.05, 4.69) is 15.5 Å². The highest BCUT2D eigenvalue weighted by atomic mass is 32.2. The fourth-order valence-electron chi connectivity index (χ4n) is 2.05. The molecule has 9 nitrogen and oxygen atoms in total. The first-order valence-corrected chi connectivity index (χ1v) is 9.26. The summed E-state index contributed by atoms with van der Waals surface area (Å²) in [5.41, 5.74) is 0.677. The lowest BCUT2D eigenvalue weighted by Crippen LogP contribution is -2.21. The van der Waals surface area contributed by atoms with E-state index in [9.17, 15) is 14.4 Å². The van der Waals surface area contributed by atoms with Crippen molar-refractivity contribution in [3.63, 3.8) is 0 Å². The number of aryl methyl sites for hydroxylation is 1. The lowest BCUT2D eigenvalue weighted by Gasteiger charge is -2.08. The summed E-state index contributed by atoms with van der Waals surface area (Å²) < 4.78 is 6.49. The minimum absolute atomic E-state index is 0.0844. The molecule has 2 rings (SSSR count). The van der Waals surface area contributed by atoms with Crippen molar-refractivity contribution in [2.45, 2.75) is 12.1 Å². The SMILES string of the molecule is COC(=O)c1c(NC(=O)CSc2nncn2C)sc(C(=O)N(C)C)c1C. The topological polar surface area (TPSA) is 106 Å². The molecule has 1 N–H and O–H groups in total. The van der Waals surface area contributed by atoms with Gasteiger partial charge in [-0.15, -0.1) is 21.5 Å². The number of carbonyl (C=O) groups is 3. The third-order valence-electron chi connectivity index (χ3n) is 3.39. The van der Waals surface area contributed by atoms with Gasteiger partial charge >= 0.3 is 5.97 Å². The van der Waals surface area contributed by atoms with Crippen LogP contribution >= 0.6 is 23.1 Å². The normalized spacial score (nSPS) is 10.5. The highest BCUT2D eigenvalue weighted by Crippen LogP contribution is 2.34. The monoisotopic (exact) mass is 397 g/mol. The zero-order valence-electron chi connectivity index (χ0n) is 15.0. The number of thiophene rings is 1. The average molecular weight is 397 g/mol. The van der Waals surface area contributed by atoms with Crippen molar-refractivity contribution in [3.05, 3.63) is 22.3 Å². The number of anilines is 1. The summed E-state index contributed by atoms with van der Waals surface area (Å²) in [6.45, 7) is 1.66. The molecule has 0 saturated heterocycles. The van der Waals surface area contributed by atoms with Crippen LogP contribution in [0.4, 0.5) is 5.00 Å². The van der Waals surface area contributed by atoms with Gasteiger partial charge in [-0.1, -0.05) is 11.8 Å². The van der Waals surface area contributed by atoms with Gasteiger partial charge in [0.05, 0.1) is 23.3 Å². The number of methoxy groups -OCH3 is 1. The number of amides is 2. The molecule has 0 aliphatic heterocycles. The molecule has 0 saturated carbocycles. The number of nitrogens with zero attached hydrogens (tertiary/aromatic N) is 4. The Morgan fingerprint density at radius 2 is 2.08 bits per heavy atom. The molecule has 2 amide bonds. The summed E-state index contributed by atoms with van der Waals surface area (Å²) in [5, 5.41) is 11.2. The molecule has 26 heavy (non-hydrogen) atoms. The maximum absolute atomic E-state index is 12.3. The third kappa shape index (κ3) is 4.22. The smallest absolute Gasteiger partial charge is 0.341 e. The van der Waals surface area contributed by atoms with Crippen molar-refractivity contribution in [1.82, 2.24) is 19.7 Å². The Balaban J connectivity index is 2.22. The van der Waals surface area contributed by atoms with Crippen LogP contribution in [-0.2, 0) is 16.6 Å². The molecule has 0 aromatic carbocycles. The van der Waals surface area contributed by atoms with E-state index in [1.165, 1.54) is 30.1 Å². The number of rotatable bonds is 6. The fraction of sp³-hybridized carbons (Fsp3) is 0.400. The standard InChI is InChI=1S/C15H19N5O4S2/c1-8-10(14(23)24-5)12(26-11(8)13(22)19(2)3)17-9(21)6-25-15-18-16-7-20(15)4/h7H,6H2,1-5H3,(H,17,21). The Bertz CT molecular complexity index is 843. The first-order chi connectivity index (χ1) is 12.3. The van der Waals surface area contributed by atoms with Crippen molar-refractivity contribution in [3.8, 4) is 0 Å². The molecule has 2 heterocycles. The van der Waals surface area contributed by atoms with Crippen molar-refractivity contribution >= 4 is 45.9 Å². The molecule has 0 aliphatic rings. The van der Waals surface area contributed by atoms with Gasteiger partial charge in [0.1, 0.15) is 11.3 Å². The molecular weight excluding hydrogens is 378 g/mol. The number of nitrogens with one attached hydrogen (secondary N) is 1. The zero-order chi connectivity index (χ0) is 19.4. The van der Waals surface area contributed by atoms with Gasteiger partial charge in [-0.3, -0.25) is 9.59 Å². The second-order valence-electron chi connectivity index (χ2n) is 5.51. The van der Waals surface area contributed by atoms with Crippen molar-refractivity contribution < 1.29 is 19.1 Å². The highest BCUT2D eigenvalue weighted by Gasteiger charge is 2.27. The first-order valence-electron chi connectivity index (χ1n) is 7.46. The molecule has 0 bridgehead atoms. The van der Waals surface area contributed by atoms with E-state index in [1.54, 1.807) is 32.6 Å². The Morgan fingerprint density at radius 3 is 2.62 bits per heavy atom. The van der Waals surface area contributed by atoms with Gasteiger partial charge in [0.2, 0.25) is 5.91 Å². The predicted octanol–water partition coefficient (Wildman–Crippen LogP) is 1.40. The van der Waals surface area contributed by atoms with Gasteiger partial charge in [-0.25, -0.2) is 4.79 Å². The van der Waals surface area contributed by atoms with Crippen LogP contribution < -0.4 is 5.32 Å². The van der Waals surface area contributed by atoms with Crippen molar-refractivity contribution in [2.75, 3.05) is 32.3 Å². The van der Waals surface area contributed by atoms with E-state index in [-0.39, 0.29) is 23.1 Å². The third-order valence-corrected chi connectivity index (χ3v) is 5.62. The molecule has 140 valence electrons. The molecule has 11 heteroatoms. The van der Waals surface area contributed by atoms with Crippen LogP contribution in [0.15, 0.2) is 11.5 Å². The lowest BCUT2D eigenvalue weighted by atomic mass is 10.1. The van der Waals surface area contributed by atoms with Gasteiger partial charge in [0.15, 0.2) is 5.16 Å². The van der Waals surface area contributed by atoms with Crippen molar-refractivity contribution in [1.29, 1.82) is 0 Å². The summed E-state index contributed by atoms with van der Waals surface area (Å²) in [4.78, 5) is 38.5. The molecule has 0 spiro atoms. The zero-order valence-corrected chi connectivity index (χ0v) is 16.7. The van der Waals surface area contributed by atoms with Crippen LogP contribution in [0.2, 0.25) is 0 Å². The second kappa shape index (κ2) is 8.32. The number of thioether (sulfide) groups is 1. The van der Waals surface area contributed by atoms with Crippen LogP contribution in [0.1, 0.15) is 25.6 Å². The summed E-state index contributed by atoms with van der Waals surface area (Å²) in [5.74, 6) is -1.09. The number of ether oxygens (including phenoxy) is 1. The molecule has 0 radical (unpaired) electrons. The van der Waals surface area contributed by atoms with E-state index in [1.807, 2.05) is 0 Å². The van der Waals surface area contributed by atoms with Crippen LogP contribution in [0.5, 0.6) is 0 Å². The van der Waals surface area contributed by atoms with Crippen LogP contribution in [0, 0.1) is 6.92 Å². The molecule has 0 unspecified atom stereocenters. The van der Waals surface area contributed by atoms with Gasteiger partial charge in [0, 0.05) is 21.1 Å². The number of hydrogen-bond donors (Lipinski definition) is 1. The summed E-state index contributed by atoms with van der Waals surface area (Å²) in [7, 11) is 6.27. The molecule has 0 atom stereocenters. The van der Waals surface area contributed by atoms with Gasteiger partial charge in [-0.2, -0.15) is 0 Å². The molecular formula is C15H19N5O4S2. The number of carbonyl (C=O) groups excluding carboxylic acids is 3. The number of aromatic nitrogens is 3. The van der Waals surface area contributed by atoms with Gasteiger partial charge < -0.3 is 19.5 Å². The molecule has 0 aliphatic carbocycles. The van der Waals surface area contributed by atoms with E-state index in [0.29, 0.717) is 20.6 Å². The summed E-state index contributed by atoms with van der Waals surface area (Å²) >= 11 is 2.27. The van der Waals surface area contributed by atoms with Gasteiger partial charge in [-0.05, 0) is 12.5 Å². The Kier molecular flexibility index (Phi) is 6.37. The average Bonchev–Trinajstić information content (AvgIpc) is 3.14. The maximum Gasteiger partial charge on any atom is 0.341 e. The largest absolute Gasteiger partial charge is 0.465 e. The Hall–Kier alpha value is -2.40. The fourth-order valence-corrected chi connectivity index (χ4v) is 3.97. The summed E-state index contributed by atoms with van der Waals surface area (Å²) in [6.07, 6.45) is 1.54. The van der Waals surface area contributed by atoms with Crippen LogP contribution in [0.3, 0.4) is 0 Å². The quantitative estimate of drug-likeness (QED) is 0.580. The van der Waals surface area contributed by atoms with Gasteiger partial charge in [0.25, 0.3) is 5.91 Å². The second-order valence-corrected chi connectivity index (χ2v) is 7.48. The van der Waals surface area contributed by atoms with E-state index >= 15 is 0 Å². The Morgan fingerprint density at radius 1 is 1.38 bits per heavy atom. The molecule has 2 aromatic rings. The number of hydrogen-bond acceptors (Lipinski definition) is 8. The number of esters is 1. The first kappa shape index (κ1) is 19.9. The maximum atomic E-state index is 12.3. The van der Waals surface area contributed by atoms with Crippen molar-refractivity contribution in [2.24, 2.45) is 7.05 Å². The van der Waals surface area contributed by atoms with E-state index in [0.717, 1.165) is 11.3 Å². The summed E-state index contributed by atoms with van der Waals surface area (Å²) in [6, 6.07) is 0. The van der Waals surface area contributed by atoms with E-state index < -0.39 is 5.97 Å². The van der Waals surface area contributed by atoms with E-state index in [4.69, 9.17) is 4.74 Å². The Labute approximate surface area is 158 Å².